The number of aliphatic hydroxyl groups is 1. The first-order valence-corrected chi connectivity index (χ1v) is 29.2. The average molecular weight is 861 g/mol. The SMILES string of the molecule is CCCCCCCCOC(CCCCCN(CCCCO)CCCCCCOC(=O)C(CCCCCCCC)SCCCCC)O[Si](C)(C)OCCCCCCCC. The van der Waals surface area contributed by atoms with Crippen LogP contribution in [0.3, 0.4) is 0 Å². The van der Waals surface area contributed by atoms with Crippen LogP contribution >= 0.6 is 11.8 Å². The van der Waals surface area contributed by atoms with Gasteiger partial charge in [-0.15, -0.1) is 11.8 Å². The average Bonchev–Trinajstić information content (AvgIpc) is 3.21. The lowest BCUT2D eigenvalue weighted by molar-refractivity contribution is -0.143. The van der Waals surface area contributed by atoms with Crippen LogP contribution in [-0.2, 0) is 23.1 Å². The van der Waals surface area contributed by atoms with Crippen molar-refractivity contribution in [1.29, 1.82) is 0 Å². The lowest BCUT2D eigenvalue weighted by Gasteiger charge is -2.29. The Labute approximate surface area is 367 Å². The summed E-state index contributed by atoms with van der Waals surface area (Å²) >= 11 is 1.83. The zero-order valence-electron chi connectivity index (χ0n) is 39.8. The number of esters is 1. The topological polar surface area (TPSA) is 77.5 Å². The fourth-order valence-corrected chi connectivity index (χ4v) is 10.2. The van der Waals surface area contributed by atoms with Crippen LogP contribution < -0.4 is 0 Å². The number of hydrogen-bond acceptors (Lipinski definition) is 8. The molecule has 0 aliphatic heterocycles. The van der Waals surface area contributed by atoms with E-state index in [0.29, 0.717) is 6.61 Å². The van der Waals surface area contributed by atoms with Crippen molar-refractivity contribution in [2.45, 2.75) is 258 Å². The van der Waals surface area contributed by atoms with Gasteiger partial charge < -0.3 is 28.3 Å². The van der Waals surface area contributed by atoms with Crippen LogP contribution in [0.5, 0.6) is 0 Å². The zero-order chi connectivity index (χ0) is 42.6. The first-order valence-electron chi connectivity index (χ1n) is 25.4. The molecule has 1 N–H and O–H groups in total. The first-order chi connectivity index (χ1) is 28.3. The lowest BCUT2D eigenvalue weighted by atomic mass is 10.1. The third-order valence-corrected chi connectivity index (χ3v) is 14.3. The molecule has 0 aliphatic rings. The van der Waals surface area contributed by atoms with Crippen molar-refractivity contribution in [3.8, 4) is 0 Å². The van der Waals surface area contributed by atoms with Crippen LogP contribution in [0.15, 0.2) is 0 Å². The van der Waals surface area contributed by atoms with Crippen molar-refractivity contribution in [2.75, 3.05) is 51.8 Å². The van der Waals surface area contributed by atoms with Crippen molar-refractivity contribution in [3.63, 3.8) is 0 Å². The summed E-state index contributed by atoms with van der Waals surface area (Å²) < 4.78 is 25.2. The van der Waals surface area contributed by atoms with E-state index in [2.05, 4.69) is 45.7 Å². The summed E-state index contributed by atoms with van der Waals surface area (Å²) in [5.74, 6) is 1.09. The third-order valence-electron chi connectivity index (χ3n) is 11.2. The summed E-state index contributed by atoms with van der Waals surface area (Å²) in [7, 11) is -2.27. The lowest BCUT2D eigenvalue weighted by Crippen LogP contribution is -2.40. The molecule has 58 heavy (non-hydrogen) atoms. The van der Waals surface area contributed by atoms with Gasteiger partial charge in [0.05, 0.1) is 6.61 Å². The molecule has 0 aromatic carbocycles. The molecule has 0 heterocycles. The maximum Gasteiger partial charge on any atom is 0.333 e. The van der Waals surface area contributed by atoms with Crippen LogP contribution in [0.4, 0.5) is 0 Å². The maximum absolute atomic E-state index is 13.0. The van der Waals surface area contributed by atoms with Crippen molar-refractivity contribution >= 4 is 26.3 Å². The second-order valence-corrected chi connectivity index (χ2v) is 22.2. The number of nitrogens with zero attached hydrogens (tertiary/aromatic N) is 1. The van der Waals surface area contributed by atoms with Gasteiger partial charge in [0.2, 0.25) is 0 Å². The fourth-order valence-electron chi connectivity index (χ4n) is 7.44. The Kier molecular flexibility index (Phi) is 44.8. The summed E-state index contributed by atoms with van der Waals surface area (Å²) in [6.45, 7) is 19.1. The molecule has 0 saturated carbocycles. The van der Waals surface area contributed by atoms with E-state index in [-0.39, 0.29) is 24.1 Å². The Balaban J connectivity index is 4.68. The van der Waals surface area contributed by atoms with E-state index in [1.807, 2.05) is 11.8 Å². The van der Waals surface area contributed by atoms with Crippen molar-refractivity contribution < 1.29 is 28.2 Å². The number of carbonyl (C=O) groups excluding carboxylic acids is 1. The molecule has 0 amide bonds. The molecular formula is C49H101NO6SSi. The second-order valence-electron chi connectivity index (χ2n) is 17.5. The van der Waals surface area contributed by atoms with E-state index in [4.69, 9.17) is 18.3 Å². The standard InChI is InChI=1S/C49H101NO6SSi/c1-7-11-15-18-21-27-37-47(57-46-36-14-10-4)49(52)54-44-34-25-22-29-39-50(41-31-32-42-51)40-30-26-28-38-48(53-43-33-23-19-16-12-8-2)56-58(5,6)55-45-35-24-20-17-13-9-3/h47-48,51H,7-46H2,1-6H3. The third kappa shape index (κ3) is 39.9. The molecule has 2 unspecified atom stereocenters. The molecule has 7 nitrogen and oxygen atoms in total. The Morgan fingerprint density at radius 1 is 0.534 bits per heavy atom. The van der Waals surface area contributed by atoms with Gasteiger partial charge in [-0.3, -0.25) is 4.79 Å². The van der Waals surface area contributed by atoms with Crippen molar-refractivity contribution in [1.82, 2.24) is 4.90 Å². The molecule has 0 radical (unpaired) electrons. The predicted molar refractivity (Wildman–Crippen MR) is 255 cm³/mol. The van der Waals surface area contributed by atoms with Crippen LogP contribution in [0.25, 0.3) is 0 Å². The smallest absolute Gasteiger partial charge is 0.333 e. The minimum absolute atomic E-state index is 0.00832. The number of rotatable bonds is 48. The number of hydrogen-bond donors (Lipinski definition) is 1. The largest absolute Gasteiger partial charge is 0.465 e. The molecule has 0 aliphatic carbocycles. The Morgan fingerprint density at radius 2 is 0.983 bits per heavy atom. The molecule has 0 bridgehead atoms. The highest BCUT2D eigenvalue weighted by molar-refractivity contribution is 8.00. The molecule has 9 heteroatoms. The minimum atomic E-state index is -2.27. The normalized spacial score (nSPS) is 13.1. The summed E-state index contributed by atoms with van der Waals surface area (Å²) in [5.41, 5.74) is 0. The second kappa shape index (κ2) is 44.9. The highest BCUT2D eigenvalue weighted by atomic mass is 32.2. The number of ether oxygens (including phenoxy) is 2. The molecule has 0 rings (SSSR count). The summed E-state index contributed by atoms with van der Waals surface area (Å²) in [6.07, 6.45) is 37.9. The highest BCUT2D eigenvalue weighted by Gasteiger charge is 2.29. The van der Waals surface area contributed by atoms with E-state index in [9.17, 15) is 9.90 Å². The van der Waals surface area contributed by atoms with Gasteiger partial charge in [0, 0.05) is 19.8 Å². The predicted octanol–water partition coefficient (Wildman–Crippen LogP) is 14.6. The Hall–Kier alpha value is -0.163. The van der Waals surface area contributed by atoms with Gasteiger partial charge in [-0.1, -0.05) is 163 Å². The zero-order valence-corrected chi connectivity index (χ0v) is 41.6. The molecule has 0 fully saturated rings. The van der Waals surface area contributed by atoms with E-state index < -0.39 is 8.56 Å². The number of carbonyl (C=O) groups is 1. The van der Waals surface area contributed by atoms with Gasteiger partial charge in [0.1, 0.15) is 11.5 Å². The Bertz CT molecular complexity index is 839. The minimum Gasteiger partial charge on any atom is -0.465 e. The van der Waals surface area contributed by atoms with Crippen LogP contribution in [0, 0.1) is 0 Å². The first kappa shape index (κ1) is 57.8. The maximum atomic E-state index is 13.0. The fraction of sp³-hybridized carbons (Fsp3) is 0.980. The molecular weight excluding hydrogens is 759 g/mol. The van der Waals surface area contributed by atoms with E-state index in [0.717, 1.165) is 109 Å². The van der Waals surface area contributed by atoms with Gasteiger partial charge in [-0.25, -0.2) is 0 Å². The Morgan fingerprint density at radius 3 is 1.57 bits per heavy atom. The van der Waals surface area contributed by atoms with Gasteiger partial charge in [-0.2, -0.15) is 0 Å². The van der Waals surface area contributed by atoms with Crippen molar-refractivity contribution in [2.24, 2.45) is 0 Å². The van der Waals surface area contributed by atoms with Crippen LogP contribution in [0.2, 0.25) is 13.1 Å². The highest BCUT2D eigenvalue weighted by Crippen LogP contribution is 2.23. The van der Waals surface area contributed by atoms with Gasteiger partial charge in [0.25, 0.3) is 0 Å². The van der Waals surface area contributed by atoms with Gasteiger partial charge in [-0.05, 0) is 109 Å². The van der Waals surface area contributed by atoms with Crippen LogP contribution in [0.1, 0.15) is 233 Å². The number of thioether (sulfide) groups is 1. The van der Waals surface area contributed by atoms with Crippen molar-refractivity contribution in [3.05, 3.63) is 0 Å². The molecule has 0 aromatic rings. The van der Waals surface area contributed by atoms with E-state index >= 15 is 0 Å². The van der Waals surface area contributed by atoms with E-state index in [1.165, 1.54) is 135 Å². The summed E-state index contributed by atoms with van der Waals surface area (Å²) in [6, 6.07) is 0. The molecule has 2 atom stereocenters. The van der Waals surface area contributed by atoms with Crippen LogP contribution in [-0.4, -0.2) is 87.9 Å². The monoisotopic (exact) mass is 860 g/mol. The van der Waals surface area contributed by atoms with Gasteiger partial charge in [0.15, 0.2) is 0 Å². The molecule has 0 aromatic heterocycles. The molecule has 348 valence electrons. The quantitative estimate of drug-likeness (QED) is 0.0281. The summed E-state index contributed by atoms with van der Waals surface area (Å²) in [5, 5.41) is 9.42. The number of aliphatic hydroxyl groups excluding tert-OH is 1. The summed E-state index contributed by atoms with van der Waals surface area (Å²) in [4.78, 5) is 15.6. The molecule has 0 spiro atoms. The van der Waals surface area contributed by atoms with Gasteiger partial charge >= 0.3 is 14.5 Å². The number of unbranched alkanes of at least 4 members (excludes halogenated alkanes) is 23. The van der Waals surface area contributed by atoms with E-state index in [1.54, 1.807) is 0 Å². The molecule has 0 saturated heterocycles.